The van der Waals surface area contributed by atoms with E-state index in [0.29, 0.717) is 0 Å². The summed E-state index contributed by atoms with van der Waals surface area (Å²) in [6, 6.07) is -0.779. The van der Waals surface area contributed by atoms with Gasteiger partial charge in [-0.3, -0.25) is 4.79 Å². The number of hydrogen-bond acceptors (Lipinski definition) is 2. The van der Waals surface area contributed by atoms with E-state index in [1.54, 1.807) is 0 Å². The van der Waals surface area contributed by atoms with E-state index in [0.717, 1.165) is 0 Å². The van der Waals surface area contributed by atoms with Gasteiger partial charge in [0.15, 0.2) is 0 Å². The second-order valence-electron chi connectivity index (χ2n) is 3.64. The zero-order chi connectivity index (χ0) is 8.98. The molecule has 2 unspecified atom stereocenters. The molecule has 2 rings (SSSR count). The summed E-state index contributed by atoms with van der Waals surface area (Å²) in [6.45, 7) is 0.136. The van der Waals surface area contributed by atoms with Gasteiger partial charge in [0.25, 0.3) is 5.92 Å². The Balaban J connectivity index is 0.000000845. The molecule has 1 saturated carbocycles. The van der Waals surface area contributed by atoms with Crippen LogP contribution >= 0.6 is 12.4 Å². The molecular formula is C7H10ClF2NO2. The van der Waals surface area contributed by atoms with Crippen LogP contribution in [-0.4, -0.2) is 29.6 Å². The maximum atomic E-state index is 12.7. The average molecular weight is 214 g/mol. The maximum Gasteiger partial charge on any atom is 0.320 e. The summed E-state index contributed by atoms with van der Waals surface area (Å²) in [6.07, 6.45) is -0.0912. The number of rotatable bonds is 1. The van der Waals surface area contributed by atoms with Crippen LogP contribution in [0.3, 0.4) is 0 Å². The van der Waals surface area contributed by atoms with Gasteiger partial charge in [0.1, 0.15) is 6.04 Å². The Hall–Kier alpha value is -0.420. The van der Waals surface area contributed by atoms with Crippen LogP contribution in [0.2, 0.25) is 0 Å². The lowest BCUT2D eigenvalue weighted by atomic mass is 10.0. The van der Waals surface area contributed by atoms with Crippen molar-refractivity contribution in [2.45, 2.75) is 24.8 Å². The molecule has 0 aromatic carbocycles. The Bertz CT molecular complexity index is 249. The molecule has 13 heavy (non-hydrogen) atoms. The largest absolute Gasteiger partial charge is 0.480 e. The van der Waals surface area contributed by atoms with Crippen molar-refractivity contribution in [3.05, 3.63) is 0 Å². The molecule has 1 saturated heterocycles. The molecule has 3 nitrogen and oxygen atoms in total. The van der Waals surface area contributed by atoms with Crippen molar-refractivity contribution in [3.63, 3.8) is 0 Å². The topological polar surface area (TPSA) is 49.3 Å². The van der Waals surface area contributed by atoms with Crippen LogP contribution in [0.1, 0.15) is 12.8 Å². The number of carboxylic acids is 1. The quantitative estimate of drug-likeness (QED) is 0.680. The van der Waals surface area contributed by atoms with Crippen LogP contribution < -0.4 is 5.32 Å². The average Bonchev–Trinajstić information content (AvgIpc) is 2.38. The molecule has 0 radical (unpaired) electrons. The smallest absolute Gasteiger partial charge is 0.320 e. The number of hydrogen-bond donors (Lipinski definition) is 2. The predicted octanol–water partition coefficient (Wildman–Crippen LogP) is 0.880. The molecular weight excluding hydrogens is 204 g/mol. The molecule has 2 atom stereocenters. The first kappa shape index (κ1) is 10.7. The summed E-state index contributed by atoms with van der Waals surface area (Å²) in [5, 5.41) is 11.1. The minimum absolute atomic E-state index is 0. The van der Waals surface area contributed by atoms with Crippen molar-refractivity contribution in [2.75, 3.05) is 6.54 Å². The Morgan fingerprint density at radius 3 is 2.31 bits per heavy atom. The molecule has 2 N–H and O–H groups in total. The SMILES string of the molecule is Cl.O=C(O)C1CC2(CN1)CC2(F)F. The van der Waals surface area contributed by atoms with Crippen LogP contribution in [0.15, 0.2) is 0 Å². The third kappa shape index (κ3) is 1.40. The summed E-state index contributed by atoms with van der Waals surface area (Å²) in [5.41, 5.74) is -1.03. The zero-order valence-corrected chi connectivity index (χ0v) is 7.53. The molecule has 0 amide bonds. The van der Waals surface area contributed by atoms with Gasteiger partial charge in [-0.1, -0.05) is 0 Å². The van der Waals surface area contributed by atoms with E-state index in [-0.39, 0.29) is 31.8 Å². The van der Waals surface area contributed by atoms with E-state index in [1.807, 2.05) is 0 Å². The lowest BCUT2D eigenvalue weighted by Crippen LogP contribution is -2.29. The maximum absolute atomic E-state index is 12.7. The Kier molecular flexibility index (Phi) is 2.28. The summed E-state index contributed by atoms with van der Waals surface area (Å²) in [7, 11) is 0. The van der Waals surface area contributed by atoms with E-state index in [9.17, 15) is 13.6 Å². The zero-order valence-electron chi connectivity index (χ0n) is 6.72. The highest BCUT2D eigenvalue weighted by atomic mass is 35.5. The van der Waals surface area contributed by atoms with Crippen molar-refractivity contribution in [1.82, 2.24) is 5.32 Å². The van der Waals surface area contributed by atoms with Gasteiger partial charge in [0.05, 0.1) is 5.41 Å². The fraction of sp³-hybridized carbons (Fsp3) is 0.857. The lowest BCUT2D eigenvalue weighted by Gasteiger charge is -2.04. The molecule has 2 aliphatic rings. The van der Waals surface area contributed by atoms with Crippen LogP contribution in [0.4, 0.5) is 8.78 Å². The normalized spacial score (nSPS) is 40.0. The summed E-state index contributed by atoms with van der Waals surface area (Å²) >= 11 is 0. The number of alkyl halides is 2. The third-order valence-corrected chi connectivity index (χ3v) is 2.79. The number of halogens is 3. The van der Waals surface area contributed by atoms with Gasteiger partial charge in [0.2, 0.25) is 0 Å². The molecule has 0 aromatic rings. The molecule has 1 aliphatic heterocycles. The van der Waals surface area contributed by atoms with Gasteiger partial charge in [-0.15, -0.1) is 12.4 Å². The first-order valence-electron chi connectivity index (χ1n) is 3.81. The van der Waals surface area contributed by atoms with E-state index in [1.165, 1.54) is 0 Å². The van der Waals surface area contributed by atoms with Gasteiger partial charge < -0.3 is 10.4 Å². The van der Waals surface area contributed by atoms with Crippen molar-refractivity contribution in [1.29, 1.82) is 0 Å². The fourth-order valence-electron chi connectivity index (χ4n) is 1.82. The summed E-state index contributed by atoms with van der Waals surface area (Å²) in [4.78, 5) is 10.4. The number of carbonyl (C=O) groups is 1. The van der Waals surface area contributed by atoms with E-state index < -0.39 is 23.3 Å². The Morgan fingerprint density at radius 1 is 1.54 bits per heavy atom. The van der Waals surface area contributed by atoms with Gasteiger partial charge >= 0.3 is 5.97 Å². The van der Waals surface area contributed by atoms with Crippen molar-refractivity contribution < 1.29 is 18.7 Å². The standard InChI is InChI=1S/C7H9F2NO2.ClH/c8-7(9)2-6(7)1-4(5(11)12)10-3-6;/h4,10H,1-3H2,(H,11,12);1H. The fourth-order valence-corrected chi connectivity index (χ4v) is 1.82. The van der Waals surface area contributed by atoms with Gasteiger partial charge in [-0.25, -0.2) is 8.78 Å². The van der Waals surface area contributed by atoms with Crippen LogP contribution in [-0.2, 0) is 4.79 Å². The first-order chi connectivity index (χ1) is 5.47. The molecule has 0 aromatic heterocycles. The molecule has 76 valence electrons. The molecule has 6 heteroatoms. The monoisotopic (exact) mass is 213 g/mol. The number of carboxylic acid groups (broad SMARTS) is 1. The van der Waals surface area contributed by atoms with E-state index in [2.05, 4.69) is 5.32 Å². The predicted molar refractivity (Wildman–Crippen MR) is 43.3 cm³/mol. The molecule has 1 heterocycles. The van der Waals surface area contributed by atoms with Crippen LogP contribution in [0.25, 0.3) is 0 Å². The van der Waals surface area contributed by atoms with E-state index in [4.69, 9.17) is 5.11 Å². The minimum Gasteiger partial charge on any atom is -0.480 e. The van der Waals surface area contributed by atoms with Crippen molar-refractivity contribution >= 4 is 18.4 Å². The second kappa shape index (κ2) is 2.78. The van der Waals surface area contributed by atoms with Crippen molar-refractivity contribution in [3.8, 4) is 0 Å². The highest BCUT2D eigenvalue weighted by Crippen LogP contribution is 2.64. The molecule has 1 spiro atoms. The summed E-state index contributed by atoms with van der Waals surface area (Å²) < 4.78 is 25.4. The minimum atomic E-state index is -2.63. The van der Waals surface area contributed by atoms with Gasteiger partial charge in [-0.2, -0.15) is 0 Å². The second-order valence-corrected chi connectivity index (χ2v) is 3.64. The van der Waals surface area contributed by atoms with Crippen LogP contribution in [0.5, 0.6) is 0 Å². The van der Waals surface area contributed by atoms with Crippen molar-refractivity contribution in [2.24, 2.45) is 5.41 Å². The molecule has 2 fully saturated rings. The Labute approximate surface area is 79.9 Å². The van der Waals surface area contributed by atoms with E-state index >= 15 is 0 Å². The van der Waals surface area contributed by atoms with Gasteiger partial charge in [0, 0.05) is 13.0 Å². The highest BCUT2D eigenvalue weighted by molar-refractivity contribution is 5.85. The number of nitrogens with one attached hydrogen (secondary N) is 1. The Morgan fingerprint density at radius 2 is 2.08 bits per heavy atom. The lowest BCUT2D eigenvalue weighted by molar-refractivity contribution is -0.139. The van der Waals surface area contributed by atoms with Gasteiger partial charge in [-0.05, 0) is 6.42 Å². The third-order valence-electron chi connectivity index (χ3n) is 2.79. The van der Waals surface area contributed by atoms with Crippen LogP contribution in [0, 0.1) is 5.41 Å². The summed E-state index contributed by atoms with van der Waals surface area (Å²) in [5.74, 6) is -3.67. The molecule has 1 aliphatic carbocycles. The highest BCUT2D eigenvalue weighted by Gasteiger charge is 2.73. The number of aliphatic carboxylic acids is 1. The molecule has 0 bridgehead atoms. The first-order valence-corrected chi connectivity index (χ1v) is 3.81.